The molecule has 1 unspecified atom stereocenters. The van der Waals surface area contributed by atoms with E-state index in [0.717, 1.165) is 17.7 Å². The Morgan fingerprint density at radius 3 is 2.95 bits per heavy atom. The van der Waals surface area contributed by atoms with Crippen molar-refractivity contribution in [3.05, 3.63) is 29.3 Å². The number of ether oxygens (including phenoxy) is 2. The van der Waals surface area contributed by atoms with E-state index in [4.69, 9.17) is 10.5 Å². The summed E-state index contributed by atoms with van der Waals surface area (Å²) in [5, 5.41) is 0. The molecule has 0 bridgehead atoms. The summed E-state index contributed by atoms with van der Waals surface area (Å²) in [4.78, 5) is 11.1. The molecule has 0 saturated heterocycles. The summed E-state index contributed by atoms with van der Waals surface area (Å²) in [6, 6.07) is 5.89. The van der Waals surface area contributed by atoms with Crippen LogP contribution in [0.25, 0.3) is 0 Å². The van der Waals surface area contributed by atoms with E-state index >= 15 is 0 Å². The number of hydrogen-bond acceptors (Lipinski definition) is 4. The Kier molecular flexibility index (Phi) is 3.80. The molecular weight excluding hydrogens is 242 g/mol. The van der Waals surface area contributed by atoms with Crippen molar-refractivity contribution >= 4 is 5.97 Å². The van der Waals surface area contributed by atoms with Gasteiger partial charge in [-0.1, -0.05) is 12.1 Å². The highest BCUT2D eigenvalue weighted by atomic mass is 16.5. The van der Waals surface area contributed by atoms with Crippen LogP contribution in [-0.4, -0.2) is 18.7 Å². The van der Waals surface area contributed by atoms with E-state index in [-0.39, 0.29) is 17.6 Å². The first-order valence-electron chi connectivity index (χ1n) is 6.55. The van der Waals surface area contributed by atoms with Gasteiger partial charge in [0.2, 0.25) is 0 Å². The van der Waals surface area contributed by atoms with Crippen LogP contribution in [0.3, 0.4) is 0 Å². The summed E-state index contributed by atoms with van der Waals surface area (Å²) < 4.78 is 10.5. The van der Waals surface area contributed by atoms with Crippen LogP contribution in [0.5, 0.6) is 5.75 Å². The molecule has 0 fully saturated rings. The smallest absolute Gasteiger partial charge is 0.305 e. The number of benzene rings is 1. The van der Waals surface area contributed by atoms with Gasteiger partial charge in [0, 0.05) is 18.9 Å². The van der Waals surface area contributed by atoms with E-state index in [1.54, 1.807) is 0 Å². The first-order valence-corrected chi connectivity index (χ1v) is 6.55. The molecule has 0 saturated carbocycles. The maximum atomic E-state index is 11.1. The second kappa shape index (κ2) is 5.21. The predicted molar refractivity (Wildman–Crippen MR) is 73.0 cm³/mol. The molecule has 1 aliphatic rings. The minimum absolute atomic E-state index is 0.142. The molecule has 0 aliphatic carbocycles. The number of nitrogens with two attached hydrogens (primary N) is 1. The van der Waals surface area contributed by atoms with E-state index in [1.807, 2.05) is 12.1 Å². The molecule has 1 atom stereocenters. The van der Waals surface area contributed by atoms with Gasteiger partial charge >= 0.3 is 5.97 Å². The molecule has 1 aromatic carbocycles. The zero-order valence-corrected chi connectivity index (χ0v) is 11.7. The number of hydrogen-bond donors (Lipinski definition) is 1. The Hall–Kier alpha value is -1.55. The maximum Gasteiger partial charge on any atom is 0.305 e. The van der Waals surface area contributed by atoms with Crippen molar-refractivity contribution in [1.29, 1.82) is 0 Å². The Balaban J connectivity index is 2.05. The van der Waals surface area contributed by atoms with Crippen LogP contribution in [-0.2, 0) is 16.0 Å². The topological polar surface area (TPSA) is 61.5 Å². The summed E-state index contributed by atoms with van der Waals surface area (Å²) in [6.45, 7) is 4.15. The van der Waals surface area contributed by atoms with Gasteiger partial charge in [-0.05, 0) is 37.5 Å². The van der Waals surface area contributed by atoms with Gasteiger partial charge in [0.1, 0.15) is 11.4 Å². The van der Waals surface area contributed by atoms with Crippen LogP contribution in [0, 0.1) is 0 Å². The average Bonchev–Trinajstić information content (AvgIpc) is 2.67. The fraction of sp³-hybridized carbons (Fsp3) is 0.533. The third-order valence-corrected chi connectivity index (χ3v) is 3.40. The van der Waals surface area contributed by atoms with Crippen molar-refractivity contribution in [2.24, 2.45) is 5.73 Å². The molecule has 0 aromatic heterocycles. The number of rotatable bonds is 4. The van der Waals surface area contributed by atoms with Gasteiger partial charge in [-0.3, -0.25) is 4.79 Å². The summed E-state index contributed by atoms with van der Waals surface area (Å²) in [5.41, 5.74) is 8.21. The van der Waals surface area contributed by atoms with E-state index < -0.39 is 0 Å². The number of methoxy groups -OCH3 is 1. The van der Waals surface area contributed by atoms with Crippen LogP contribution in [0.2, 0.25) is 0 Å². The molecule has 104 valence electrons. The van der Waals surface area contributed by atoms with Gasteiger partial charge in [0.25, 0.3) is 0 Å². The van der Waals surface area contributed by atoms with Crippen LogP contribution in [0.4, 0.5) is 0 Å². The summed E-state index contributed by atoms with van der Waals surface area (Å²) >= 11 is 0. The number of carbonyl (C=O) groups excluding carboxylic acids is 1. The van der Waals surface area contributed by atoms with Gasteiger partial charge < -0.3 is 15.2 Å². The minimum Gasteiger partial charge on any atom is -0.487 e. The second-order valence-electron chi connectivity index (χ2n) is 5.63. The van der Waals surface area contributed by atoms with E-state index in [1.165, 1.54) is 12.7 Å². The fourth-order valence-corrected chi connectivity index (χ4v) is 2.40. The highest BCUT2D eigenvalue weighted by molar-refractivity contribution is 5.69. The van der Waals surface area contributed by atoms with Crippen molar-refractivity contribution in [2.75, 3.05) is 7.11 Å². The lowest BCUT2D eigenvalue weighted by molar-refractivity contribution is -0.140. The Morgan fingerprint density at radius 2 is 2.26 bits per heavy atom. The molecule has 0 spiro atoms. The third-order valence-electron chi connectivity index (χ3n) is 3.40. The standard InChI is InChI=1S/C15H21NO3/c1-15(2)9-11-8-10(4-6-13(11)19-15)12(16)5-7-14(17)18-3/h4,6,8,12H,5,7,9,16H2,1-3H3. The molecule has 0 amide bonds. The largest absolute Gasteiger partial charge is 0.487 e. The Morgan fingerprint density at radius 1 is 1.53 bits per heavy atom. The zero-order valence-electron chi connectivity index (χ0n) is 11.7. The van der Waals surface area contributed by atoms with Crippen LogP contribution in [0.1, 0.15) is 43.9 Å². The molecule has 19 heavy (non-hydrogen) atoms. The lowest BCUT2D eigenvalue weighted by atomic mass is 9.96. The second-order valence-corrected chi connectivity index (χ2v) is 5.63. The molecule has 4 nitrogen and oxygen atoms in total. The predicted octanol–water partition coefficient (Wildman–Crippen LogP) is 2.35. The highest BCUT2D eigenvalue weighted by Crippen LogP contribution is 2.36. The fourth-order valence-electron chi connectivity index (χ4n) is 2.40. The molecule has 4 heteroatoms. The molecule has 2 N–H and O–H groups in total. The van der Waals surface area contributed by atoms with Gasteiger partial charge in [-0.15, -0.1) is 0 Å². The lowest BCUT2D eigenvalue weighted by Gasteiger charge is -2.16. The van der Waals surface area contributed by atoms with E-state index in [9.17, 15) is 4.79 Å². The summed E-state index contributed by atoms with van der Waals surface area (Å²) in [7, 11) is 1.39. The van der Waals surface area contributed by atoms with E-state index in [0.29, 0.717) is 12.8 Å². The zero-order chi connectivity index (χ0) is 14.0. The van der Waals surface area contributed by atoms with Crippen molar-refractivity contribution in [2.45, 2.75) is 44.8 Å². The highest BCUT2D eigenvalue weighted by Gasteiger charge is 2.30. The summed E-state index contributed by atoms with van der Waals surface area (Å²) in [6.07, 6.45) is 1.83. The molecule has 1 aromatic rings. The number of esters is 1. The van der Waals surface area contributed by atoms with Crippen molar-refractivity contribution < 1.29 is 14.3 Å². The summed E-state index contributed by atoms with van der Waals surface area (Å²) in [5.74, 6) is 0.718. The third kappa shape index (κ3) is 3.26. The van der Waals surface area contributed by atoms with Crippen LogP contribution >= 0.6 is 0 Å². The number of fused-ring (bicyclic) bond motifs is 1. The SMILES string of the molecule is COC(=O)CCC(N)c1ccc2c(c1)CC(C)(C)O2. The molecule has 2 rings (SSSR count). The number of carbonyl (C=O) groups is 1. The Labute approximate surface area is 113 Å². The minimum atomic E-state index is -0.221. The Bertz CT molecular complexity index is 482. The van der Waals surface area contributed by atoms with Gasteiger partial charge in [0.05, 0.1) is 7.11 Å². The first kappa shape index (κ1) is 13.9. The maximum absolute atomic E-state index is 11.1. The van der Waals surface area contributed by atoms with Crippen LogP contribution in [0.15, 0.2) is 18.2 Å². The van der Waals surface area contributed by atoms with Crippen molar-refractivity contribution in [1.82, 2.24) is 0 Å². The van der Waals surface area contributed by atoms with Gasteiger partial charge in [-0.2, -0.15) is 0 Å². The quantitative estimate of drug-likeness (QED) is 0.847. The van der Waals surface area contributed by atoms with E-state index in [2.05, 4.69) is 24.7 Å². The van der Waals surface area contributed by atoms with Crippen molar-refractivity contribution in [3.8, 4) is 5.75 Å². The van der Waals surface area contributed by atoms with Crippen LogP contribution < -0.4 is 10.5 Å². The molecule has 0 radical (unpaired) electrons. The monoisotopic (exact) mass is 263 g/mol. The van der Waals surface area contributed by atoms with Gasteiger partial charge in [-0.25, -0.2) is 0 Å². The molecule has 1 heterocycles. The molecule has 1 aliphatic heterocycles. The lowest BCUT2D eigenvalue weighted by Crippen LogP contribution is -2.24. The normalized spacial score (nSPS) is 17.5. The molecular formula is C15H21NO3. The average molecular weight is 263 g/mol. The van der Waals surface area contributed by atoms with Crippen molar-refractivity contribution in [3.63, 3.8) is 0 Å². The first-order chi connectivity index (χ1) is 8.91. The van der Waals surface area contributed by atoms with Gasteiger partial charge in [0.15, 0.2) is 0 Å².